The Bertz CT molecular complexity index is 629. The number of carbonyl (C=O) groups is 1. The number of esters is 1. The summed E-state index contributed by atoms with van der Waals surface area (Å²) >= 11 is 1.29. The molecular formula is C15H17NO4S. The van der Waals surface area contributed by atoms with Crippen LogP contribution >= 0.6 is 11.3 Å². The van der Waals surface area contributed by atoms with Crippen molar-refractivity contribution in [3.05, 3.63) is 29.1 Å². The van der Waals surface area contributed by atoms with E-state index in [1.165, 1.54) is 11.3 Å². The number of methoxy groups -OCH3 is 2. The third kappa shape index (κ3) is 3.28. The van der Waals surface area contributed by atoms with E-state index in [4.69, 9.17) is 19.9 Å². The van der Waals surface area contributed by atoms with Gasteiger partial charge in [0.25, 0.3) is 0 Å². The van der Waals surface area contributed by atoms with Gasteiger partial charge in [-0.3, -0.25) is 0 Å². The first kappa shape index (κ1) is 15.2. The molecule has 0 radical (unpaired) electrons. The molecule has 1 heterocycles. The van der Waals surface area contributed by atoms with E-state index in [2.05, 4.69) is 0 Å². The van der Waals surface area contributed by atoms with Crippen LogP contribution in [0.3, 0.4) is 0 Å². The molecule has 0 aliphatic rings. The predicted octanol–water partition coefficient (Wildman–Crippen LogP) is 3.19. The predicted molar refractivity (Wildman–Crippen MR) is 83.2 cm³/mol. The van der Waals surface area contributed by atoms with Gasteiger partial charge in [-0.1, -0.05) is 0 Å². The standard InChI is InChI=1S/C15H17NO4S/c1-4-20-15(17)14-12(16)8-13(21-14)9-5-10(18-2)7-11(6-9)19-3/h5-8H,4,16H2,1-3H3. The SMILES string of the molecule is CCOC(=O)c1sc(-c2cc(OC)cc(OC)c2)cc1N. The maximum atomic E-state index is 11.8. The summed E-state index contributed by atoms with van der Waals surface area (Å²) in [5.74, 6) is 0.948. The largest absolute Gasteiger partial charge is 0.497 e. The van der Waals surface area contributed by atoms with Crippen molar-refractivity contribution in [3.8, 4) is 21.9 Å². The highest BCUT2D eigenvalue weighted by atomic mass is 32.1. The summed E-state index contributed by atoms with van der Waals surface area (Å²) in [5.41, 5.74) is 7.18. The molecule has 0 amide bonds. The van der Waals surface area contributed by atoms with Crippen LogP contribution in [-0.4, -0.2) is 26.8 Å². The topological polar surface area (TPSA) is 70.8 Å². The van der Waals surface area contributed by atoms with Crippen LogP contribution in [0.4, 0.5) is 5.69 Å². The Hall–Kier alpha value is -2.21. The molecule has 1 aromatic heterocycles. The zero-order valence-corrected chi connectivity index (χ0v) is 13.0. The summed E-state index contributed by atoms with van der Waals surface area (Å²) < 4.78 is 15.5. The van der Waals surface area contributed by atoms with Crippen molar-refractivity contribution in [3.63, 3.8) is 0 Å². The van der Waals surface area contributed by atoms with Gasteiger partial charge in [0.2, 0.25) is 0 Å². The van der Waals surface area contributed by atoms with Crippen LogP contribution in [0.2, 0.25) is 0 Å². The lowest BCUT2D eigenvalue weighted by molar-refractivity contribution is 0.0533. The van der Waals surface area contributed by atoms with Crippen LogP contribution in [0, 0.1) is 0 Å². The third-order valence-corrected chi connectivity index (χ3v) is 4.04. The van der Waals surface area contributed by atoms with Gasteiger partial charge in [0.05, 0.1) is 26.5 Å². The highest BCUT2D eigenvalue weighted by Gasteiger charge is 2.17. The van der Waals surface area contributed by atoms with E-state index in [-0.39, 0.29) is 0 Å². The molecule has 0 aliphatic heterocycles. The quantitative estimate of drug-likeness (QED) is 0.859. The number of thiophene rings is 1. The number of ether oxygens (including phenoxy) is 3. The Morgan fingerprint density at radius 2 is 1.76 bits per heavy atom. The number of nitrogens with two attached hydrogens (primary N) is 1. The molecule has 0 unspecified atom stereocenters. The Morgan fingerprint density at radius 1 is 1.14 bits per heavy atom. The Labute approximate surface area is 127 Å². The lowest BCUT2D eigenvalue weighted by atomic mass is 10.1. The van der Waals surface area contributed by atoms with Crippen molar-refractivity contribution in [2.24, 2.45) is 0 Å². The molecule has 1 aromatic carbocycles. The van der Waals surface area contributed by atoms with Gasteiger partial charge in [-0.2, -0.15) is 0 Å². The molecule has 21 heavy (non-hydrogen) atoms. The lowest BCUT2D eigenvalue weighted by Gasteiger charge is -2.07. The minimum Gasteiger partial charge on any atom is -0.497 e. The smallest absolute Gasteiger partial charge is 0.350 e. The number of anilines is 1. The number of nitrogen functional groups attached to an aromatic ring is 1. The number of carbonyl (C=O) groups excluding carboxylic acids is 1. The van der Waals surface area contributed by atoms with Gasteiger partial charge >= 0.3 is 5.97 Å². The molecule has 0 fully saturated rings. The van der Waals surface area contributed by atoms with Crippen LogP contribution in [0.15, 0.2) is 24.3 Å². The first-order valence-corrected chi connectivity index (χ1v) is 7.20. The van der Waals surface area contributed by atoms with E-state index in [9.17, 15) is 4.79 Å². The molecule has 112 valence electrons. The number of rotatable bonds is 5. The van der Waals surface area contributed by atoms with Crippen molar-refractivity contribution in [1.29, 1.82) is 0 Å². The summed E-state index contributed by atoms with van der Waals surface area (Å²) in [7, 11) is 3.18. The van der Waals surface area contributed by atoms with E-state index >= 15 is 0 Å². The van der Waals surface area contributed by atoms with Crippen LogP contribution < -0.4 is 15.2 Å². The molecule has 0 atom stereocenters. The first-order chi connectivity index (χ1) is 10.1. The molecule has 2 rings (SSSR count). The molecule has 0 bridgehead atoms. The molecule has 2 N–H and O–H groups in total. The average Bonchev–Trinajstić information content (AvgIpc) is 2.89. The van der Waals surface area contributed by atoms with E-state index in [1.807, 2.05) is 12.1 Å². The summed E-state index contributed by atoms with van der Waals surface area (Å²) in [6.07, 6.45) is 0. The average molecular weight is 307 g/mol. The number of hydrogen-bond donors (Lipinski definition) is 1. The third-order valence-electron chi connectivity index (χ3n) is 2.86. The van der Waals surface area contributed by atoms with Gasteiger partial charge in [0.1, 0.15) is 16.4 Å². The molecule has 2 aromatic rings. The highest BCUT2D eigenvalue weighted by molar-refractivity contribution is 7.18. The highest BCUT2D eigenvalue weighted by Crippen LogP contribution is 2.37. The van der Waals surface area contributed by atoms with Crippen molar-refractivity contribution in [2.75, 3.05) is 26.6 Å². The molecule has 0 aliphatic carbocycles. The Morgan fingerprint density at radius 3 is 2.29 bits per heavy atom. The summed E-state index contributed by atoms with van der Waals surface area (Å²) in [6.45, 7) is 2.08. The van der Waals surface area contributed by atoms with Crippen molar-refractivity contribution in [1.82, 2.24) is 0 Å². The maximum Gasteiger partial charge on any atom is 0.350 e. The zero-order chi connectivity index (χ0) is 15.4. The second-order valence-corrected chi connectivity index (χ2v) is 5.27. The van der Waals surface area contributed by atoms with Crippen LogP contribution in [0.5, 0.6) is 11.5 Å². The fourth-order valence-corrected chi connectivity index (χ4v) is 2.81. The van der Waals surface area contributed by atoms with E-state index in [0.29, 0.717) is 28.7 Å². The maximum absolute atomic E-state index is 11.8. The number of benzene rings is 1. The zero-order valence-electron chi connectivity index (χ0n) is 12.1. The first-order valence-electron chi connectivity index (χ1n) is 6.39. The fraction of sp³-hybridized carbons (Fsp3) is 0.267. The van der Waals surface area contributed by atoms with Crippen LogP contribution in [0.25, 0.3) is 10.4 Å². The van der Waals surface area contributed by atoms with Gasteiger partial charge in [-0.05, 0) is 30.7 Å². The molecule has 0 saturated heterocycles. The molecular weight excluding hydrogens is 290 g/mol. The van der Waals surface area contributed by atoms with Crippen LogP contribution in [0.1, 0.15) is 16.6 Å². The molecule has 0 spiro atoms. The normalized spacial score (nSPS) is 10.2. The minimum atomic E-state index is -0.402. The van der Waals surface area contributed by atoms with E-state index in [0.717, 1.165) is 10.4 Å². The minimum absolute atomic E-state index is 0.318. The summed E-state index contributed by atoms with van der Waals surface area (Å²) in [5, 5.41) is 0. The van der Waals surface area contributed by atoms with Crippen molar-refractivity contribution >= 4 is 23.0 Å². The van der Waals surface area contributed by atoms with Crippen LogP contribution in [-0.2, 0) is 4.74 Å². The Kier molecular flexibility index (Phi) is 4.70. The fourth-order valence-electron chi connectivity index (χ4n) is 1.85. The van der Waals surface area contributed by atoms with Crippen molar-refractivity contribution < 1.29 is 19.0 Å². The molecule has 0 saturated carbocycles. The second kappa shape index (κ2) is 6.49. The van der Waals surface area contributed by atoms with Gasteiger partial charge in [0.15, 0.2) is 0 Å². The summed E-state index contributed by atoms with van der Waals surface area (Å²) in [6, 6.07) is 7.27. The van der Waals surface area contributed by atoms with Gasteiger partial charge < -0.3 is 19.9 Å². The Balaban J connectivity index is 2.43. The van der Waals surface area contributed by atoms with E-state index < -0.39 is 5.97 Å². The second-order valence-electron chi connectivity index (χ2n) is 4.22. The van der Waals surface area contributed by atoms with Gasteiger partial charge in [-0.25, -0.2) is 4.79 Å². The monoisotopic (exact) mass is 307 g/mol. The van der Waals surface area contributed by atoms with Gasteiger partial charge in [-0.15, -0.1) is 11.3 Å². The van der Waals surface area contributed by atoms with E-state index in [1.54, 1.807) is 33.3 Å². The molecule has 5 nitrogen and oxygen atoms in total. The van der Waals surface area contributed by atoms with Gasteiger partial charge in [0, 0.05) is 10.9 Å². The summed E-state index contributed by atoms with van der Waals surface area (Å²) in [4.78, 5) is 13.1. The number of hydrogen-bond acceptors (Lipinski definition) is 6. The van der Waals surface area contributed by atoms with Crippen molar-refractivity contribution in [2.45, 2.75) is 6.92 Å². The molecule has 6 heteroatoms. The lowest BCUT2D eigenvalue weighted by Crippen LogP contribution is -2.04.